The van der Waals surface area contributed by atoms with Crippen molar-refractivity contribution in [2.75, 3.05) is 18.0 Å². The number of anilines is 1. The quantitative estimate of drug-likeness (QED) is 0.764. The number of nitrogens with zero attached hydrogens (tertiary/aromatic N) is 4. The van der Waals surface area contributed by atoms with E-state index in [1.807, 2.05) is 12.1 Å². The average molecular weight is 359 g/mol. The van der Waals surface area contributed by atoms with E-state index < -0.39 is 5.97 Å². The highest BCUT2D eigenvalue weighted by Crippen LogP contribution is 2.35. The van der Waals surface area contributed by atoms with Gasteiger partial charge in [-0.2, -0.15) is 4.98 Å². The van der Waals surface area contributed by atoms with Crippen molar-refractivity contribution in [3.8, 4) is 11.3 Å². The van der Waals surface area contributed by atoms with Crippen LogP contribution in [0.25, 0.3) is 22.4 Å². The summed E-state index contributed by atoms with van der Waals surface area (Å²) < 4.78 is 5.33. The Morgan fingerprint density at radius 1 is 1.12 bits per heavy atom. The molecule has 0 atom stereocenters. The van der Waals surface area contributed by atoms with E-state index in [9.17, 15) is 9.90 Å². The Kier molecular flexibility index (Phi) is 4.01. The van der Waals surface area contributed by atoms with Crippen molar-refractivity contribution in [2.24, 2.45) is 0 Å². The van der Waals surface area contributed by atoms with Gasteiger partial charge in [0, 0.05) is 23.7 Å². The van der Waals surface area contributed by atoms with Gasteiger partial charge in [0.1, 0.15) is 16.9 Å². The minimum absolute atomic E-state index is 0.179. The molecule has 8 heteroatoms. The van der Waals surface area contributed by atoms with Crippen LogP contribution in [0, 0.1) is 0 Å². The van der Waals surface area contributed by atoms with E-state index in [0.717, 1.165) is 37.9 Å². The number of fused-ring (bicyclic) bond motifs is 1. The molecule has 1 N–H and O–H groups in total. The first kappa shape index (κ1) is 15.8. The lowest BCUT2D eigenvalue weighted by atomic mass is 10.1. The molecule has 0 bridgehead atoms. The molecule has 4 rings (SSSR count). The molecule has 0 aliphatic carbocycles. The highest BCUT2D eigenvalue weighted by Gasteiger charge is 2.25. The standard InChI is InChI=1S/C17H15ClN4O3/c18-11-6-4-10(5-7-11)13-12-15(22-8-2-1-3-9-22)19-14(17(23)24)20-16(12)25-21-13/h4-7H,1-3,8-9H2,(H,23,24). The summed E-state index contributed by atoms with van der Waals surface area (Å²) in [5, 5.41) is 14.7. The highest BCUT2D eigenvalue weighted by atomic mass is 35.5. The van der Waals surface area contributed by atoms with Crippen LogP contribution in [0.5, 0.6) is 0 Å². The summed E-state index contributed by atoms with van der Waals surface area (Å²) in [6, 6.07) is 7.21. The van der Waals surface area contributed by atoms with Crippen LogP contribution in [-0.2, 0) is 0 Å². The van der Waals surface area contributed by atoms with Gasteiger partial charge in [0.2, 0.25) is 5.82 Å². The van der Waals surface area contributed by atoms with Gasteiger partial charge in [0.25, 0.3) is 5.71 Å². The highest BCUT2D eigenvalue weighted by molar-refractivity contribution is 6.30. The van der Waals surface area contributed by atoms with Crippen LogP contribution in [0.15, 0.2) is 28.8 Å². The molecule has 0 radical (unpaired) electrons. The Morgan fingerprint density at radius 3 is 2.52 bits per heavy atom. The van der Waals surface area contributed by atoms with Crippen molar-refractivity contribution in [1.29, 1.82) is 0 Å². The van der Waals surface area contributed by atoms with Crippen LogP contribution in [0.1, 0.15) is 29.9 Å². The lowest BCUT2D eigenvalue weighted by Gasteiger charge is -2.28. The van der Waals surface area contributed by atoms with Gasteiger partial charge in [-0.05, 0) is 31.4 Å². The molecule has 0 spiro atoms. The fourth-order valence-electron chi connectivity index (χ4n) is 3.07. The monoisotopic (exact) mass is 358 g/mol. The molecule has 128 valence electrons. The second-order valence-electron chi connectivity index (χ2n) is 5.94. The summed E-state index contributed by atoms with van der Waals surface area (Å²) >= 11 is 5.96. The topological polar surface area (TPSA) is 92.3 Å². The summed E-state index contributed by atoms with van der Waals surface area (Å²) in [6.45, 7) is 1.63. The molecule has 0 saturated carbocycles. The van der Waals surface area contributed by atoms with Crippen molar-refractivity contribution in [1.82, 2.24) is 15.1 Å². The molecule has 1 aliphatic rings. The normalized spacial score (nSPS) is 14.8. The number of carboxylic acid groups (broad SMARTS) is 1. The number of hydrogen-bond acceptors (Lipinski definition) is 6. The second-order valence-corrected chi connectivity index (χ2v) is 6.38. The Balaban J connectivity index is 1.93. The van der Waals surface area contributed by atoms with Gasteiger partial charge in [-0.1, -0.05) is 28.9 Å². The number of carbonyl (C=O) groups is 1. The van der Waals surface area contributed by atoms with Crippen LogP contribution >= 0.6 is 11.6 Å². The summed E-state index contributed by atoms with van der Waals surface area (Å²) in [6.07, 6.45) is 3.23. The zero-order valence-electron chi connectivity index (χ0n) is 13.3. The third-order valence-electron chi connectivity index (χ3n) is 4.28. The number of carboxylic acids is 1. The molecule has 1 saturated heterocycles. The molecular weight excluding hydrogens is 344 g/mol. The van der Waals surface area contributed by atoms with Gasteiger partial charge in [-0.3, -0.25) is 0 Å². The van der Waals surface area contributed by atoms with Crippen LogP contribution < -0.4 is 4.90 Å². The maximum Gasteiger partial charge on any atom is 0.374 e. The Morgan fingerprint density at radius 2 is 1.84 bits per heavy atom. The minimum Gasteiger partial charge on any atom is -0.475 e. The average Bonchev–Trinajstić information content (AvgIpc) is 3.06. The Hall–Kier alpha value is -2.67. The number of piperidine rings is 1. The number of aromatic nitrogens is 3. The van der Waals surface area contributed by atoms with E-state index in [1.165, 1.54) is 0 Å². The minimum atomic E-state index is -1.19. The molecule has 1 aliphatic heterocycles. The van der Waals surface area contributed by atoms with E-state index in [-0.39, 0.29) is 11.5 Å². The third kappa shape index (κ3) is 2.91. The predicted molar refractivity (Wildman–Crippen MR) is 93.1 cm³/mol. The summed E-state index contributed by atoms with van der Waals surface area (Å²) in [7, 11) is 0. The number of rotatable bonds is 3. The zero-order valence-corrected chi connectivity index (χ0v) is 14.0. The van der Waals surface area contributed by atoms with Gasteiger partial charge >= 0.3 is 5.97 Å². The summed E-state index contributed by atoms with van der Waals surface area (Å²) in [4.78, 5) is 21.7. The summed E-state index contributed by atoms with van der Waals surface area (Å²) in [5.74, 6) is -0.912. The molecule has 7 nitrogen and oxygen atoms in total. The molecule has 3 aromatic rings. The van der Waals surface area contributed by atoms with Crippen LogP contribution in [0.3, 0.4) is 0 Å². The lowest BCUT2D eigenvalue weighted by molar-refractivity contribution is 0.0683. The first-order valence-corrected chi connectivity index (χ1v) is 8.43. The molecular formula is C17H15ClN4O3. The van der Waals surface area contributed by atoms with E-state index in [0.29, 0.717) is 21.9 Å². The number of halogens is 1. The fraction of sp³-hybridized carbons (Fsp3) is 0.294. The van der Waals surface area contributed by atoms with Crippen LogP contribution in [0.2, 0.25) is 5.02 Å². The number of hydrogen-bond donors (Lipinski definition) is 1. The van der Waals surface area contributed by atoms with E-state index in [1.54, 1.807) is 12.1 Å². The molecule has 1 fully saturated rings. The third-order valence-corrected chi connectivity index (χ3v) is 4.53. The molecule has 25 heavy (non-hydrogen) atoms. The fourth-order valence-corrected chi connectivity index (χ4v) is 3.20. The molecule has 3 heterocycles. The van der Waals surface area contributed by atoms with Crippen LogP contribution in [-0.4, -0.2) is 39.3 Å². The first-order valence-electron chi connectivity index (χ1n) is 8.05. The van der Waals surface area contributed by atoms with Gasteiger partial charge in [0.15, 0.2) is 0 Å². The molecule has 0 amide bonds. The van der Waals surface area contributed by atoms with Gasteiger partial charge in [-0.15, -0.1) is 0 Å². The van der Waals surface area contributed by atoms with Crippen molar-refractivity contribution in [3.63, 3.8) is 0 Å². The lowest BCUT2D eigenvalue weighted by Crippen LogP contribution is -2.31. The molecule has 1 aromatic carbocycles. The number of benzene rings is 1. The second kappa shape index (κ2) is 6.33. The summed E-state index contributed by atoms with van der Waals surface area (Å²) in [5.41, 5.74) is 1.58. The zero-order chi connectivity index (χ0) is 17.4. The van der Waals surface area contributed by atoms with Crippen molar-refractivity contribution in [3.05, 3.63) is 35.1 Å². The van der Waals surface area contributed by atoms with E-state index in [4.69, 9.17) is 16.1 Å². The van der Waals surface area contributed by atoms with Gasteiger partial charge in [-0.25, -0.2) is 9.78 Å². The SMILES string of the molecule is O=C(O)c1nc(N2CCCCC2)c2c(-c3ccc(Cl)cc3)noc2n1. The van der Waals surface area contributed by atoms with Crippen molar-refractivity contribution < 1.29 is 14.4 Å². The van der Waals surface area contributed by atoms with Gasteiger partial charge < -0.3 is 14.5 Å². The number of aromatic carboxylic acids is 1. The largest absolute Gasteiger partial charge is 0.475 e. The Bertz CT molecular complexity index is 933. The Labute approximate surface area is 148 Å². The van der Waals surface area contributed by atoms with Crippen molar-refractivity contribution >= 4 is 34.5 Å². The predicted octanol–water partition coefficient (Wildman–Crippen LogP) is 3.63. The smallest absolute Gasteiger partial charge is 0.374 e. The maximum absolute atomic E-state index is 11.4. The van der Waals surface area contributed by atoms with Crippen LogP contribution in [0.4, 0.5) is 5.82 Å². The van der Waals surface area contributed by atoms with E-state index >= 15 is 0 Å². The maximum atomic E-state index is 11.4. The molecule has 0 unspecified atom stereocenters. The van der Waals surface area contributed by atoms with Crippen molar-refractivity contribution in [2.45, 2.75) is 19.3 Å². The molecule has 2 aromatic heterocycles. The first-order chi connectivity index (χ1) is 12.1. The van der Waals surface area contributed by atoms with Gasteiger partial charge in [0.05, 0.1) is 0 Å². The van der Waals surface area contributed by atoms with E-state index in [2.05, 4.69) is 20.0 Å².